The maximum atomic E-state index is 6.09. The summed E-state index contributed by atoms with van der Waals surface area (Å²) < 4.78 is 5.47. The first-order valence-corrected chi connectivity index (χ1v) is 5.61. The SMILES string of the molecule is Cc1ccc(C(N)c2cccc(Cl)c2Cl)o1. The molecule has 1 aromatic heterocycles. The Morgan fingerprint density at radius 1 is 1.19 bits per heavy atom. The van der Waals surface area contributed by atoms with Gasteiger partial charge < -0.3 is 10.2 Å². The molecule has 4 heteroatoms. The molecule has 0 aliphatic heterocycles. The van der Waals surface area contributed by atoms with E-state index in [1.54, 1.807) is 6.07 Å². The standard InChI is InChI=1S/C12H11Cl2NO/c1-7-5-6-10(16-7)12(15)8-3-2-4-9(13)11(8)14/h2-6,12H,15H2,1H3. The van der Waals surface area contributed by atoms with Gasteiger partial charge in [-0.05, 0) is 30.7 Å². The van der Waals surface area contributed by atoms with Crippen LogP contribution in [0.2, 0.25) is 10.0 Å². The molecular weight excluding hydrogens is 245 g/mol. The summed E-state index contributed by atoms with van der Waals surface area (Å²) in [6.07, 6.45) is 0. The van der Waals surface area contributed by atoms with Crippen LogP contribution in [0.1, 0.15) is 23.1 Å². The summed E-state index contributed by atoms with van der Waals surface area (Å²) in [7, 11) is 0. The number of benzene rings is 1. The number of furan rings is 1. The van der Waals surface area contributed by atoms with E-state index in [1.807, 2.05) is 31.2 Å². The highest BCUT2D eigenvalue weighted by Gasteiger charge is 2.16. The van der Waals surface area contributed by atoms with E-state index in [2.05, 4.69) is 0 Å². The quantitative estimate of drug-likeness (QED) is 0.883. The Balaban J connectivity index is 2.41. The van der Waals surface area contributed by atoms with E-state index < -0.39 is 0 Å². The third kappa shape index (κ3) is 2.09. The van der Waals surface area contributed by atoms with Gasteiger partial charge in [0.15, 0.2) is 0 Å². The summed E-state index contributed by atoms with van der Waals surface area (Å²) in [5.74, 6) is 1.50. The van der Waals surface area contributed by atoms with E-state index in [4.69, 9.17) is 33.4 Å². The lowest BCUT2D eigenvalue weighted by molar-refractivity contribution is 0.466. The van der Waals surface area contributed by atoms with Crippen molar-refractivity contribution in [1.82, 2.24) is 0 Å². The molecule has 1 unspecified atom stereocenters. The molecular formula is C12H11Cl2NO. The van der Waals surface area contributed by atoms with Crippen LogP contribution < -0.4 is 5.73 Å². The molecule has 0 saturated heterocycles. The number of hydrogen-bond acceptors (Lipinski definition) is 2. The second-order valence-electron chi connectivity index (χ2n) is 3.57. The zero-order valence-corrected chi connectivity index (χ0v) is 10.2. The smallest absolute Gasteiger partial charge is 0.125 e. The van der Waals surface area contributed by atoms with Gasteiger partial charge in [-0.3, -0.25) is 0 Å². The maximum Gasteiger partial charge on any atom is 0.125 e. The van der Waals surface area contributed by atoms with E-state index in [-0.39, 0.29) is 6.04 Å². The van der Waals surface area contributed by atoms with Gasteiger partial charge in [-0.1, -0.05) is 35.3 Å². The molecule has 2 N–H and O–H groups in total. The molecule has 0 aliphatic rings. The van der Waals surface area contributed by atoms with Gasteiger partial charge in [0.2, 0.25) is 0 Å². The minimum absolute atomic E-state index is 0.389. The van der Waals surface area contributed by atoms with Crippen LogP contribution in [-0.4, -0.2) is 0 Å². The van der Waals surface area contributed by atoms with Crippen molar-refractivity contribution in [3.63, 3.8) is 0 Å². The number of halogens is 2. The largest absolute Gasteiger partial charge is 0.464 e. The number of hydrogen-bond donors (Lipinski definition) is 1. The molecule has 0 fully saturated rings. The van der Waals surface area contributed by atoms with Crippen LogP contribution in [0.3, 0.4) is 0 Å². The van der Waals surface area contributed by atoms with Crippen LogP contribution in [-0.2, 0) is 0 Å². The number of aryl methyl sites for hydroxylation is 1. The van der Waals surface area contributed by atoms with Gasteiger partial charge in [0.1, 0.15) is 11.5 Å². The van der Waals surface area contributed by atoms with Gasteiger partial charge in [-0.25, -0.2) is 0 Å². The summed E-state index contributed by atoms with van der Waals surface area (Å²) in [5, 5.41) is 0.976. The van der Waals surface area contributed by atoms with Crippen LogP contribution in [0.5, 0.6) is 0 Å². The van der Waals surface area contributed by atoms with Crippen molar-refractivity contribution in [2.45, 2.75) is 13.0 Å². The molecule has 0 saturated carbocycles. The predicted molar refractivity (Wildman–Crippen MR) is 65.9 cm³/mol. The van der Waals surface area contributed by atoms with Crippen LogP contribution >= 0.6 is 23.2 Å². The Bertz CT molecular complexity index is 507. The van der Waals surface area contributed by atoms with Crippen molar-refractivity contribution in [3.8, 4) is 0 Å². The van der Waals surface area contributed by atoms with Crippen molar-refractivity contribution in [3.05, 3.63) is 57.5 Å². The Hall–Kier alpha value is -0.960. The molecule has 84 valence electrons. The fourth-order valence-electron chi connectivity index (χ4n) is 1.53. The summed E-state index contributed by atoms with van der Waals surface area (Å²) in [4.78, 5) is 0. The van der Waals surface area contributed by atoms with E-state index in [1.165, 1.54) is 0 Å². The minimum atomic E-state index is -0.389. The molecule has 1 aromatic carbocycles. The zero-order valence-electron chi connectivity index (χ0n) is 8.71. The van der Waals surface area contributed by atoms with Crippen LogP contribution in [0, 0.1) is 6.92 Å². The van der Waals surface area contributed by atoms with Gasteiger partial charge in [0.05, 0.1) is 16.1 Å². The molecule has 2 rings (SSSR count). The summed E-state index contributed by atoms with van der Waals surface area (Å²) in [6, 6.07) is 8.72. The van der Waals surface area contributed by atoms with Gasteiger partial charge in [0.25, 0.3) is 0 Å². The second-order valence-corrected chi connectivity index (χ2v) is 4.35. The molecule has 0 spiro atoms. The first-order valence-electron chi connectivity index (χ1n) is 4.85. The van der Waals surface area contributed by atoms with E-state index in [0.717, 1.165) is 11.3 Å². The van der Waals surface area contributed by atoms with Crippen molar-refractivity contribution in [2.75, 3.05) is 0 Å². The van der Waals surface area contributed by atoms with E-state index >= 15 is 0 Å². The highest BCUT2D eigenvalue weighted by molar-refractivity contribution is 6.42. The topological polar surface area (TPSA) is 39.2 Å². The summed E-state index contributed by atoms with van der Waals surface area (Å²) in [5.41, 5.74) is 6.83. The fourth-order valence-corrected chi connectivity index (χ4v) is 1.96. The highest BCUT2D eigenvalue weighted by Crippen LogP contribution is 2.32. The Kier molecular flexibility index (Phi) is 3.24. The summed E-state index contributed by atoms with van der Waals surface area (Å²) >= 11 is 12.0. The molecule has 0 amide bonds. The molecule has 0 aliphatic carbocycles. The Labute approximate surface area is 104 Å². The van der Waals surface area contributed by atoms with Gasteiger partial charge in [-0.15, -0.1) is 0 Å². The molecule has 0 radical (unpaired) electrons. The number of nitrogens with two attached hydrogens (primary N) is 1. The first kappa shape index (κ1) is 11.5. The molecule has 2 aromatic rings. The fraction of sp³-hybridized carbons (Fsp3) is 0.167. The van der Waals surface area contributed by atoms with E-state index in [9.17, 15) is 0 Å². The van der Waals surface area contributed by atoms with Crippen molar-refractivity contribution < 1.29 is 4.42 Å². The predicted octanol–water partition coefficient (Wildman–Crippen LogP) is 3.94. The zero-order chi connectivity index (χ0) is 11.7. The Morgan fingerprint density at radius 2 is 1.94 bits per heavy atom. The van der Waals surface area contributed by atoms with Crippen molar-refractivity contribution in [1.29, 1.82) is 0 Å². The van der Waals surface area contributed by atoms with Gasteiger partial charge in [-0.2, -0.15) is 0 Å². The van der Waals surface area contributed by atoms with Crippen molar-refractivity contribution >= 4 is 23.2 Å². The molecule has 1 heterocycles. The molecule has 0 bridgehead atoms. The second kappa shape index (κ2) is 4.50. The average Bonchev–Trinajstić information content (AvgIpc) is 2.68. The van der Waals surface area contributed by atoms with Crippen LogP contribution in [0.15, 0.2) is 34.7 Å². The molecule has 2 nitrogen and oxygen atoms in total. The summed E-state index contributed by atoms with van der Waals surface area (Å²) in [6.45, 7) is 1.87. The monoisotopic (exact) mass is 255 g/mol. The lowest BCUT2D eigenvalue weighted by Crippen LogP contribution is -2.11. The number of rotatable bonds is 2. The third-order valence-electron chi connectivity index (χ3n) is 2.38. The first-order chi connectivity index (χ1) is 7.59. The Morgan fingerprint density at radius 3 is 2.56 bits per heavy atom. The lowest BCUT2D eigenvalue weighted by atomic mass is 10.1. The maximum absolute atomic E-state index is 6.09. The molecule has 1 atom stereocenters. The van der Waals surface area contributed by atoms with Crippen molar-refractivity contribution in [2.24, 2.45) is 5.73 Å². The molecule has 16 heavy (non-hydrogen) atoms. The average molecular weight is 256 g/mol. The van der Waals surface area contributed by atoms with E-state index in [0.29, 0.717) is 15.8 Å². The third-order valence-corrected chi connectivity index (χ3v) is 3.22. The normalized spacial score (nSPS) is 12.8. The van der Waals surface area contributed by atoms with Gasteiger partial charge in [0, 0.05) is 0 Å². The van der Waals surface area contributed by atoms with Crippen LogP contribution in [0.4, 0.5) is 0 Å². The van der Waals surface area contributed by atoms with Crippen LogP contribution in [0.25, 0.3) is 0 Å². The lowest BCUT2D eigenvalue weighted by Gasteiger charge is -2.11. The van der Waals surface area contributed by atoms with Gasteiger partial charge >= 0.3 is 0 Å². The minimum Gasteiger partial charge on any atom is -0.464 e. The highest BCUT2D eigenvalue weighted by atomic mass is 35.5.